The predicted molar refractivity (Wildman–Crippen MR) is 70.3 cm³/mol. The van der Waals surface area contributed by atoms with Crippen LogP contribution in [0.15, 0.2) is 30.5 Å². The summed E-state index contributed by atoms with van der Waals surface area (Å²) in [7, 11) is 3.23. The maximum absolute atomic E-state index is 11.5. The fourth-order valence-corrected chi connectivity index (χ4v) is 1.29. The van der Waals surface area contributed by atoms with Crippen LogP contribution >= 0.6 is 0 Å². The van der Waals surface area contributed by atoms with Crippen molar-refractivity contribution in [2.75, 3.05) is 27.3 Å². The van der Waals surface area contributed by atoms with Crippen molar-refractivity contribution in [2.24, 2.45) is 0 Å². The van der Waals surface area contributed by atoms with Gasteiger partial charge in [-0.25, -0.2) is 4.79 Å². The average molecular weight is 250 g/mol. The van der Waals surface area contributed by atoms with E-state index in [9.17, 15) is 4.79 Å². The molecule has 0 bridgehead atoms. The normalized spacial score (nSPS) is 10.4. The topological polar surface area (TPSA) is 61.8 Å². The van der Waals surface area contributed by atoms with Gasteiger partial charge < -0.3 is 20.1 Å². The molecule has 1 rings (SSSR count). The number of aliphatic hydroxyl groups is 1. The first-order valence-electron chi connectivity index (χ1n) is 5.60. The van der Waals surface area contributed by atoms with Crippen LogP contribution in [0.1, 0.15) is 5.56 Å². The molecule has 0 aliphatic carbocycles. The van der Waals surface area contributed by atoms with E-state index in [0.717, 1.165) is 11.3 Å². The molecule has 0 fully saturated rings. The minimum Gasteiger partial charge on any atom is -0.497 e. The smallest absolute Gasteiger partial charge is 0.321 e. The summed E-state index contributed by atoms with van der Waals surface area (Å²) in [6.07, 6.45) is 3.35. The number of nitrogens with zero attached hydrogens (tertiary/aromatic N) is 1. The lowest BCUT2D eigenvalue weighted by Crippen LogP contribution is -2.36. The molecule has 0 atom stereocenters. The first-order chi connectivity index (χ1) is 8.67. The molecular weight excluding hydrogens is 232 g/mol. The summed E-state index contributed by atoms with van der Waals surface area (Å²) in [6.45, 7) is 0.258. The summed E-state index contributed by atoms with van der Waals surface area (Å²) in [5.41, 5.74) is 0.959. The van der Waals surface area contributed by atoms with Crippen LogP contribution in [-0.2, 0) is 0 Å². The monoisotopic (exact) mass is 250 g/mol. The van der Waals surface area contributed by atoms with Gasteiger partial charge in [-0.3, -0.25) is 0 Å². The second-order valence-corrected chi connectivity index (χ2v) is 3.70. The van der Waals surface area contributed by atoms with Gasteiger partial charge in [-0.1, -0.05) is 12.1 Å². The molecule has 0 aliphatic heterocycles. The fraction of sp³-hybridized carbons (Fsp3) is 0.308. The molecule has 5 heteroatoms. The van der Waals surface area contributed by atoms with E-state index in [-0.39, 0.29) is 12.6 Å². The highest BCUT2D eigenvalue weighted by Crippen LogP contribution is 2.11. The number of ether oxygens (including phenoxy) is 1. The molecule has 98 valence electrons. The highest BCUT2D eigenvalue weighted by atomic mass is 16.5. The standard InChI is InChI=1S/C13H18N2O3/c1-15(9-10-16)13(17)14-8-7-11-3-5-12(18-2)6-4-11/h3-8,16H,9-10H2,1-2H3,(H,14,17)/b8-7+. The molecular formula is C13H18N2O3. The number of hydrogen-bond donors (Lipinski definition) is 2. The van der Waals surface area contributed by atoms with Crippen LogP contribution in [0.4, 0.5) is 4.79 Å². The summed E-state index contributed by atoms with van der Waals surface area (Å²) in [6, 6.07) is 7.21. The zero-order chi connectivity index (χ0) is 13.4. The van der Waals surface area contributed by atoms with E-state index in [1.165, 1.54) is 4.90 Å². The number of carbonyl (C=O) groups excluding carboxylic acids is 1. The maximum atomic E-state index is 11.5. The van der Waals surface area contributed by atoms with E-state index in [2.05, 4.69) is 5.32 Å². The van der Waals surface area contributed by atoms with Gasteiger partial charge in [-0.05, 0) is 23.8 Å². The fourth-order valence-electron chi connectivity index (χ4n) is 1.29. The first-order valence-corrected chi connectivity index (χ1v) is 5.60. The van der Waals surface area contributed by atoms with Crippen molar-refractivity contribution in [1.29, 1.82) is 0 Å². The number of aliphatic hydroxyl groups excluding tert-OH is 1. The minimum atomic E-state index is -0.256. The quantitative estimate of drug-likeness (QED) is 0.828. The van der Waals surface area contributed by atoms with Gasteiger partial charge in [0.15, 0.2) is 0 Å². The van der Waals surface area contributed by atoms with Crippen LogP contribution in [0.2, 0.25) is 0 Å². The van der Waals surface area contributed by atoms with Gasteiger partial charge in [0.1, 0.15) is 5.75 Å². The Kier molecular flexibility index (Phi) is 5.73. The van der Waals surface area contributed by atoms with Gasteiger partial charge in [0, 0.05) is 19.8 Å². The number of methoxy groups -OCH3 is 1. The van der Waals surface area contributed by atoms with Crippen molar-refractivity contribution in [3.8, 4) is 5.75 Å². The molecule has 0 saturated carbocycles. The zero-order valence-electron chi connectivity index (χ0n) is 10.6. The van der Waals surface area contributed by atoms with Crippen LogP contribution in [-0.4, -0.2) is 43.3 Å². The number of amides is 2. The van der Waals surface area contributed by atoms with Crippen LogP contribution in [0.3, 0.4) is 0 Å². The highest BCUT2D eigenvalue weighted by Gasteiger charge is 2.03. The number of urea groups is 1. The Labute approximate surface area is 107 Å². The van der Waals surface area contributed by atoms with Crippen molar-refractivity contribution in [3.05, 3.63) is 36.0 Å². The molecule has 0 saturated heterocycles. The third-order valence-corrected chi connectivity index (χ3v) is 2.38. The van der Waals surface area contributed by atoms with Crippen molar-refractivity contribution >= 4 is 12.1 Å². The number of likely N-dealkylation sites (N-methyl/N-ethyl adjacent to an activating group) is 1. The lowest BCUT2D eigenvalue weighted by Gasteiger charge is -2.14. The van der Waals surface area contributed by atoms with Gasteiger partial charge in [-0.15, -0.1) is 0 Å². The molecule has 0 unspecified atom stereocenters. The number of carbonyl (C=O) groups is 1. The molecule has 0 spiro atoms. The Bertz CT molecular complexity index is 401. The number of benzene rings is 1. The summed E-state index contributed by atoms with van der Waals surface area (Å²) < 4.78 is 5.05. The van der Waals surface area contributed by atoms with Gasteiger partial charge in [0.25, 0.3) is 0 Å². The second kappa shape index (κ2) is 7.34. The number of hydrogen-bond acceptors (Lipinski definition) is 3. The van der Waals surface area contributed by atoms with Crippen LogP contribution in [0.5, 0.6) is 5.75 Å². The lowest BCUT2D eigenvalue weighted by molar-refractivity contribution is 0.194. The molecule has 5 nitrogen and oxygen atoms in total. The number of rotatable bonds is 5. The van der Waals surface area contributed by atoms with Gasteiger partial charge >= 0.3 is 6.03 Å². The Balaban J connectivity index is 2.46. The second-order valence-electron chi connectivity index (χ2n) is 3.70. The third kappa shape index (κ3) is 4.47. The largest absolute Gasteiger partial charge is 0.497 e. The Morgan fingerprint density at radius 3 is 2.67 bits per heavy atom. The first kappa shape index (κ1) is 14.1. The third-order valence-electron chi connectivity index (χ3n) is 2.38. The molecule has 2 amide bonds. The number of nitrogens with one attached hydrogen (secondary N) is 1. The summed E-state index contributed by atoms with van der Waals surface area (Å²) in [5.74, 6) is 0.791. The highest BCUT2D eigenvalue weighted by molar-refractivity contribution is 5.75. The average Bonchev–Trinajstić information content (AvgIpc) is 2.39. The molecule has 1 aromatic carbocycles. The Morgan fingerprint density at radius 2 is 2.11 bits per heavy atom. The van der Waals surface area contributed by atoms with E-state index in [0.29, 0.717) is 6.54 Å². The molecule has 1 aromatic rings. The van der Waals surface area contributed by atoms with Gasteiger partial charge in [0.2, 0.25) is 0 Å². The van der Waals surface area contributed by atoms with E-state index in [1.807, 2.05) is 24.3 Å². The van der Waals surface area contributed by atoms with Crippen LogP contribution in [0, 0.1) is 0 Å². The molecule has 18 heavy (non-hydrogen) atoms. The SMILES string of the molecule is COc1ccc(/C=C/NC(=O)N(C)CCO)cc1. The Morgan fingerprint density at radius 1 is 1.44 bits per heavy atom. The summed E-state index contributed by atoms with van der Waals surface area (Å²) >= 11 is 0. The zero-order valence-corrected chi connectivity index (χ0v) is 10.6. The molecule has 0 heterocycles. The van der Waals surface area contributed by atoms with Gasteiger partial charge in [-0.2, -0.15) is 0 Å². The molecule has 0 radical (unpaired) electrons. The predicted octanol–water partition coefficient (Wildman–Crippen LogP) is 1.30. The van der Waals surface area contributed by atoms with E-state index in [4.69, 9.17) is 9.84 Å². The maximum Gasteiger partial charge on any atom is 0.321 e. The molecule has 2 N–H and O–H groups in total. The van der Waals surface area contributed by atoms with Crippen LogP contribution < -0.4 is 10.1 Å². The van der Waals surface area contributed by atoms with E-state index in [1.54, 1.807) is 26.4 Å². The van der Waals surface area contributed by atoms with Crippen molar-refractivity contribution in [1.82, 2.24) is 10.2 Å². The summed E-state index contributed by atoms with van der Waals surface area (Å²) in [5, 5.41) is 11.3. The van der Waals surface area contributed by atoms with E-state index < -0.39 is 0 Å². The molecule has 0 aliphatic rings. The van der Waals surface area contributed by atoms with E-state index >= 15 is 0 Å². The summed E-state index contributed by atoms with van der Waals surface area (Å²) in [4.78, 5) is 12.9. The minimum absolute atomic E-state index is 0.0495. The lowest BCUT2D eigenvalue weighted by atomic mass is 10.2. The Hall–Kier alpha value is -2.01. The van der Waals surface area contributed by atoms with Crippen molar-refractivity contribution in [2.45, 2.75) is 0 Å². The van der Waals surface area contributed by atoms with Crippen molar-refractivity contribution < 1.29 is 14.6 Å². The van der Waals surface area contributed by atoms with Crippen molar-refractivity contribution in [3.63, 3.8) is 0 Å². The van der Waals surface area contributed by atoms with Gasteiger partial charge in [0.05, 0.1) is 13.7 Å². The van der Waals surface area contributed by atoms with Crippen LogP contribution in [0.25, 0.3) is 6.08 Å². The molecule has 0 aromatic heterocycles.